The van der Waals surface area contributed by atoms with Crippen LogP contribution in [-0.4, -0.2) is 20.5 Å². The Morgan fingerprint density at radius 3 is 2.23 bits per heavy atom. The van der Waals surface area contributed by atoms with Crippen LogP contribution < -0.4 is 0 Å². The number of hydrogen-bond donors (Lipinski definition) is 0. The summed E-state index contributed by atoms with van der Waals surface area (Å²) in [5.41, 5.74) is 4.59. The minimum absolute atomic E-state index is 0.108. The van der Waals surface area contributed by atoms with Crippen molar-refractivity contribution in [3.8, 4) is 23.1 Å². The van der Waals surface area contributed by atoms with Gasteiger partial charge in [0, 0.05) is 11.3 Å². The normalized spacial score (nSPS) is 11.3. The van der Waals surface area contributed by atoms with Crippen LogP contribution in [0.15, 0.2) is 53.7 Å². The zero-order valence-electron chi connectivity index (χ0n) is 15.5. The molecule has 0 saturated carbocycles. The Hall–Kier alpha value is -2.58. The van der Waals surface area contributed by atoms with Crippen molar-refractivity contribution in [1.29, 1.82) is 5.26 Å². The lowest BCUT2D eigenvalue weighted by Gasteiger charge is -2.19. The summed E-state index contributed by atoms with van der Waals surface area (Å²) in [5.74, 6) is 1.13. The van der Waals surface area contributed by atoms with Crippen molar-refractivity contribution in [3.05, 3.63) is 59.7 Å². The average Bonchev–Trinajstić information content (AvgIpc) is 3.04. The average molecular weight is 363 g/mol. The third kappa shape index (κ3) is 3.81. The fourth-order valence-electron chi connectivity index (χ4n) is 2.69. The van der Waals surface area contributed by atoms with E-state index in [4.69, 9.17) is 5.26 Å². The fourth-order valence-corrected chi connectivity index (χ4v) is 3.31. The monoisotopic (exact) mass is 362 g/mol. The first-order chi connectivity index (χ1) is 12.4. The predicted octanol–water partition coefficient (Wildman–Crippen LogP) is 5.16. The Labute approximate surface area is 158 Å². The van der Waals surface area contributed by atoms with Gasteiger partial charge in [0.1, 0.15) is 0 Å². The van der Waals surface area contributed by atoms with E-state index in [1.54, 1.807) is 0 Å². The molecule has 0 aliphatic carbocycles. The Bertz CT molecular complexity index is 926. The number of nitriles is 1. The van der Waals surface area contributed by atoms with Crippen LogP contribution in [0.2, 0.25) is 0 Å². The quantitative estimate of drug-likeness (QED) is 0.602. The lowest BCUT2D eigenvalue weighted by Crippen LogP contribution is -2.10. The molecule has 2 aromatic carbocycles. The van der Waals surface area contributed by atoms with Crippen LogP contribution in [0.5, 0.6) is 0 Å². The van der Waals surface area contributed by atoms with E-state index in [0.29, 0.717) is 5.75 Å². The molecule has 26 heavy (non-hydrogen) atoms. The first kappa shape index (κ1) is 18.2. The van der Waals surface area contributed by atoms with E-state index < -0.39 is 0 Å². The second-order valence-electron chi connectivity index (χ2n) is 7.25. The Morgan fingerprint density at radius 1 is 1.00 bits per heavy atom. The number of aromatic nitrogens is 3. The number of nitrogens with zero attached hydrogens (tertiary/aromatic N) is 4. The van der Waals surface area contributed by atoms with Gasteiger partial charge in [0.2, 0.25) is 0 Å². The smallest absolute Gasteiger partial charge is 0.197 e. The van der Waals surface area contributed by atoms with Crippen molar-refractivity contribution in [2.75, 3.05) is 5.75 Å². The predicted molar refractivity (Wildman–Crippen MR) is 107 cm³/mol. The molecule has 1 heterocycles. The molecule has 0 radical (unpaired) electrons. The number of benzene rings is 2. The summed E-state index contributed by atoms with van der Waals surface area (Å²) >= 11 is 1.40. The zero-order valence-corrected chi connectivity index (χ0v) is 16.3. The van der Waals surface area contributed by atoms with Crippen LogP contribution >= 0.6 is 11.8 Å². The van der Waals surface area contributed by atoms with Crippen LogP contribution in [0.4, 0.5) is 0 Å². The molecule has 0 amide bonds. The van der Waals surface area contributed by atoms with Gasteiger partial charge in [-0.15, -0.1) is 10.2 Å². The molecule has 0 N–H and O–H groups in total. The van der Waals surface area contributed by atoms with E-state index in [1.165, 1.54) is 22.9 Å². The van der Waals surface area contributed by atoms with Gasteiger partial charge in [-0.1, -0.05) is 74.5 Å². The third-order valence-corrected chi connectivity index (χ3v) is 5.00. The SMILES string of the molecule is Cc1ccc(-n2c(SCC#N)nnc2-c2ccc(C(C)(C)C)cc2)cc1. The van der Waals surface area contributed by atoms with Gasteiger partial charge in [0.15, 0.2) is 11.0 Å². The van der Waals surface area contributed by atoms with Crippen molar-refractivity contribution >= 4 is 11.8 Å². The van der Waals surface area contributed by atoms with Gasteiger partial charge in [-0.05, 0) is 30.0 Å². The summed E-state index contributed by atoms with van der Waals surface area (Å²) in [6.07, 6.45) is 0. The van der Waals surface area contributed by atoms with E-state index in [2.05, 4.69) is 92.5 Å². The lowest BCUT2D eigenvalue weighted by molar-refractivity contribution is 0.590. The molecule has 0 atom stereocenters. The van der Waals surface area contributed by atoms with E-state index in [9.17, 15) is 0 Å². The van der Waals surface area contributed by atoms with E-state index in [-0.39, 0.29) is 5.41 Å². The highest BCUT2D eigenvalue weighted by Gasteiger charge is 2.18. The summed E-state index contributed by atoms with van der Waals surface area (Å²) in [4.78, 5) is 0. The second-order valence-corrected chi connectivity index (χ2v) is 8.19. The molecule has 132 valence electrons. The molecule has 0 bridgehead atoms. The minimum atomic E-state index is 0.108. The molecule has 0 unspecified atom stereocenters. The van der Waals surface area contributed by atoms with Crippen LogP contribution in [0.3, 0.4) is 0 Å². The molecule has 0 saturated heterocycles. The molecule has 0 aliphatic heterocycles. The molecular weight excluding hydrogens is 340 g/mol. The highest BCUT2D eigenvalue weighted by molar-refractivity contribution is 7.99. The molecular formula is C21H22N4S. The number of aryl methyl sites for hydroxylation is 1. The van der Waals surface area contributed by atoms with E-state index in [1.807, 2.05) is 4.57 Å². The van der Waals surface area contributed by atoms with Gasteiger partial charge in [-0.2, -0.15) is 5.26 Å². The Morgan fingerprint density at radius 2 is 1.65 bits per heavy atom. The van der Waals surface area contributed by atoms with Crippen LogP contribution in [0.25, 0.3) is 17.1 Å². The maximum atomic E-state index is 8.93. The van der Waals surface area contributed by atoms with Crippen LogP contribution in [0.1, 0.15) is 31.9 Å². The molecule has 1 aromatic heterocycles. The summed E-state index contributed by atoms with van der Waals surface area (Å²) < 4.78 is 2.02. The molecule has 0 fully saturated rings. The highest BCUT2D eigenvalue weighted by Crippen LogP contribution is 2.30. The van der Waals surface area contributed by atoms with Gasteiger partial charge >= 0.3 is 0 Å². The molecule has 4 nitrogen and oxygen atoms in total. The molecule has 3 rings (SSSR count). The first-order valence-corrected chi connectivity index (χ1v) is 9.52. The Balaban J connectivity index is 2.08. The first-order valence-electron chi connectivity index (χ1n) is 8.53. The van der Waals surface area contributed by atoms with Gasteiger partial charge in [-0.25, -0.2) is 0 Å². The fraction of sp³-hybridized carbons (Fsp3) is 0.286. The number of hydrogen-bond acceptors (Lipinski definition) is 4. The number of rotatable bonds is 4. The maximum absolute atomic E-state index is 8.93. The summed E-state index contributed by atoms with van der Waals surface area (Å²) in [6, 6.07) is 18.9. The van der Waals surface area contributed by atoms with Crippen molar-refractivity contribution in [2.24, 2.45) is 0 Å². The van der Waals surface area contributed by atoms with Crippen molar-refractivity contribution in [1.82, 2.24) is 14.8 Å². The Kier molecular flexibility index (Phi) is 5.15. The molecule has 0 aliphatic rings. The third-order valence-electron chi connectivity index (χ3n) is 4.20. The van der Waals surface area contributed by atoms with Gasteiger partial charge in [0.25, 0.3) is 0 Å². The van der Waals surface area contributed by atoms with E-state index in [0.717, 1.165) is 22.2 Å². The minimum Gasteiger partial charge on any atom is -0.270 e. The molecule has 3 aromatic rings. The van der Waals surface area contributed by atoms with Crippen molar-refractivity contribution < 1.29 is 0 Å². The zero-order chi connectivity index (χ0) is 18.7. The van der Waals surface area contributed by atoms with Crippen molar-refractivity contribution in [3.63, 3.8) is 0 Å². The second kappa shape index (κ2) is 7.35. The summed E-state index contributed by atoms with van der Waals surface area (Å²) in [6.45, 7) is 8.67. The number of thioether (sulfide) groups is 1. The van der Waals surface area contributed by atoms with Gasteiger partial charge < -0.3 is 0 Å². The molecule has 0 spiro atoms. The van der Waals surface area contributed by atoms with E-state index >= 15 is 0 Å². The summed E-state index contributed by atoms with van der Waals surface area (Å²) in [7, 11) is 0. The van der Waals surface area contributed by atoms with Crippen LogP contribution in [0, 0.1) is 18.3 Å². The lowest BCUT2D eigenvalue weighted by atomic mass is 9.87. The van der Waals surface area contributed by atoms with Crippen LogP contribution in [-0.2, 0) is 5.41 Å². The highest BCUT2D eigenvalue weighted by atomic mass is 32.2. The molecule has 5 heteroatoms. The largest absolute Gasteiger partial charge is 0.270 e. The van der Waals surface area contributed by atoms with Gasteiger partial charge in [-0.3, -0.25) is 4.57 Å². The van der Waals surface area contributed by atoms with Crippen molar-refractivity contribution in [2.45, 2.75) is 38.3 Å². The standard InChI is InChI=1S/C21H22N4S/c1-15-5-11-18(12-6-15)25-19(23-24-20(25)26-14-13-22)16-7-9-17(10-8-16)21(2,3)4/h5-12H,14H2,1-4H3. The topological polar surface area (TPSA) is 54.5 Å². The maximum Gasteiger partial charge on any atom is 0.197 e. The summed E-state index contributed by atoms with van der Waals surface area (Å²) in [5, 5.41) is 18.4. The van der Waals surface area contributed by atoms with Gasteiger partial charge in [0.05, 0.1) is 11.8 Å².